The molecule has 2 heterocycles. The molecule has 0 radical (unpaired) electrons. The molecule has 1 amide bonds. The third kappa shape index (κ3) is 3.27. The Hall–Kier alpha value is -3.00. The van der Waals surface area contributed by atoms with Gasteiger partial charge in [-0.2, -0.15) is 0 Å². The number of methoxy groups -OCH3 is 1. The Bertz CT molecular complexity index is 841. The molecule has 0 saturated carbocycles. The van der Waals surface area contributed by atoms with Gasteiger partial charge in [0.2, 0.25) is 0 Å². The van der Waals surface area contributed by atoms with Crippen molar-refractivity contribution in [1.29, 1.82) is 0 Å². The first-order valence-corrected chi connectivity index (χ1v) is 7.46. The fourth-order valence-electron chi connectivity index (χ4n) is 1.87. The molecule has 7 nitrogen and oxygen atoms in total. The number of esters is 1. The van der Waals surface area contributed by atoms with Gasteiger partial charge in [0.05, 0.1) is 24.0 Å². The second kappa shape index (κ2) is 6.41. The van der Waals surface area contributed by atoms with E-state index in [1.807, 2.05) is 30.3 Å². The molecular formula is C15H12N4O3S. The number of para-hydroxylation sites is 1. The maximum absolute atomic E-state index is 12.2. The molecule has 0 saturated heterocycles. The van der Waals surface area contributed by atoms with Crippen LogP contribution in [0.1, 0.15) is 20.2 Å². The summed E-state index contributed by atoms with van der Waals surface area (Å²) in [4.78, 5) is 24.0. The van der Waals surface area contributed by atoms with Crippen LogP contribution >= 0.6 is 11.3 Å². The first-order chi connectivity index (χ1) is 11.2. The van der Waals surface area contributed by atoms with E-state index in [0.717, 1.165) is 17.0 Å². The molecule has 0 aliphatic carbocycles. The average Bonchev–Trinajstić information content (AvgIpc) is 3.24. The zero-order valence-electron chi connectivity index (χ0n) is 12.1. The van der Waals surface area contributed by atoms with Crippen LogP contribution in [0.3, 0.4) is 0 Å². The van der Waals surface area contributed by atoms with E-state index in [1.165, 1.54) is 11.8 Å². The van der Waals surface area contributed by atoms with Crippen molar-refractivity contribution in [2.45, 2.75) is 0 Å². The molecule has 0 unspecified atom stereocenters. The lowest BCUT2D eigenvalue weighted by Gasteiger charge is -1.99. The van der Waals surface area contributed by atoms with Crippen LogP contribution in [-0.2, 0) is 4.74 Å². The number of nitrogens with one attached hydrogen (secondary N) is 1. The summed E-state index contributed by atoms with van der Waals surface area (Å²) in [7, 11) is 1.31. The highest BCUT2D eigenvalue weighted by atomic mass is 32.1. The smallest absolute Gasteiger partial charge is 0.348 e. The van der Waals surface area contributed by atoms with E-state index in [0.29, 0.717) is 9.88 Å². The number of ether oxygens (including phenoxy) is 1. The Morgan fingerprint density at radius 1 is 1.17 bits per heavy atom. The summed E-state index contributed by atoms with van der Waals surface area (Å²) in [5, 5.41) is 11.0. The lowest BCUT2D eigenvalue weighted by molar-refractivity contribution is 0.0606. The van der Waals surface area contributed by atoms with E-state index in [9.17, 15) is 9.59 Å². The highest BCUT2D eigenvalue weighted by molar-refractivity contribution is 7.18. The lowest BCUT2D eigenvalue weighted by atomic mass is 10.3. The normalized spacial score (nSPS) is 10.3. The van der Waals surface area contributed by atoms with Gasteiger partial charge in [0.1, 0.15) is 4.88 Å². The highest BCUT2D eigenvalue weighted by Gasteiger charge is 2.14. The second-order valence-corrected chi connectivity index (χ2v) is 5.58. The predicted octanol–water partition coefficient (Wildman–Crippen LogP) is 2.37. The van der Waals surface area contributed by atoms with Crippen LogP contribution < -0.4 is 5.32 Å². The van der Waals surface area contributed by atoms with Gasteiger partial charge in [0.15, 0.2) is 5.69 Å². The van der Waals surface area contributed by atoms with Crippen molar-refractivity contribution in [2.24, 2.45) is 0 Å². The van der Waals surface area contributed by atoms with Crippen molar-refractivity contribution in [2.75, 3.05) is 12.4 Å². The molecule has 0 atom stereocenters. The Kier molecular flexibility index (Phi) is 4.15. The minimum Gasteiger partial charge on any atom is -0.465 e. The Balaban J connectivity index is 1.73. The van der Waals surface area contributed by atoms with Crippen LogP contribution in [-0.4, -0.2) is 34.0 Å². The molecule has 0 aliphatic rings. The molecular weight excluding hydrogens is 316 g/mol. The average molecular weight is 328 g/mol. The molecule has 0 aliphatic heterocycles. The highest BCUT2D eigenvalue weighted by Crippen LogP contribution is 2.23. The van der Waals surface area contributed by atoms with Crippen molar-refractivity contribution in [1.82, 2.24) is 15.0 Å². The summed E-state index contributed by atoms with van der Waals surface area (Å²) in [5.74, 6) is -0.837. The van der Waals surface area contributed by atoms with E-state index < -0.39 is 11.9 Å². The monoisotopic (exact) mass is 328 g/mol. The van der Waals surface area contributed by atoms with E-state index in [1.54, 1.807) is 18.3 Å². The quantitative estimate of drug-likeness (QED) is 0.743. The van der Waals surface area contributed by atoms with Crippen LogP contribution in [0, 0.1) is 0 Å². The van der Waals surface area contributed by atoms with Crippen molar-refractivity contribution in [3.05, 3.63) is 59.2 Å². The number of nitrogens with zero attached hydrogens (tertiary/aromatic N) is 3. The number of amides is 1. The molecule has 116 valence electrons. The number of thiophene rings is 1. The number of hydrogen-bond donors (Lipinski definition) is 1. The molecule has 1 aromatic carbocycles. The minimum atomic E-state index is -0.439. The lowest BCUT2D eigenvalue weighted by Crippen LogP contribution is -2.11. The number of carbonyl (C=O) groups excluding carboxylic acids is 2. The molecule has 8 heteroatoms. The van der Waals surface area contributed by atoms with Gasteiger partial charge in [0, 0.05) is 0 Å². The summed E-state index contributed by atoms with van der Waals surface area (Å²) in [6.07, 6.45) is 1.54. The number of benzene rings is 1. The largest absolute Gasteiger partial charge is 0.465 e. The fraction of sp³-hybridized carbons (Fsp3) is 0.0667. The van der Waals surface area contributed by atoms with Crippen molar-refractivity contribution < 1.29 is 14.3 Å². The zero-order chi connectivity index (χ0) is 16.2. The summed E-state index contributed by atoms with van der Waals surface area (Å²) >= 11 is 1.13. The molecule has 0 bridgehead atoms. The number of anilines is 1. The topological polar surface area (TPSA) is 86.1 Å². The molecule has 3 aromatic rings. The van der Waals surface area contributed by atoms with Crippen LogP contribution in [0.25, 0.3) is 5.69 Å². The number of rotatable bonds is 4. The van der Waals surface area contributed by atoms with Gasteiger partial charge < -0.3 is 10.1 Å². The SMILES string of the molecule is COC(=O)c1ccc(NC(=O)c2cn(-c3ccccc3)nn2)s1. The molecule has 0 fully saturated rings. The third-order valence-electron chi connectivity index (χ3n) is 2.98. The van der Waals surface area contributed by atoms with Gasteiger partial charge in [-0.15, -0.1) is 16.4 Å². The van der Waals surface area contributed by atoms with Gasteiger partial charge in [-0.3, -0.25) is 4.79 Å². The van der Waals surface area contributed by atoms with Gasteiger partial charge in [-0.25, -0.2) is 9.48 Å². The Morgan fingerprint density at radius 3 is 2.70 bits per heavy atom. The summed E-state index contributed by atoms with van der Waals surface area (Å²) in [6.45, 7) is 0. The number of hydrogen-bond acceptors (Lipinski definition) is 6. The van der Waals surface area contributed by atoms with Crippen LogP contribution in [0.4, 0.5) is 5.00 Å². The van der Waals surface area contributed by atoms with Crippen molar-refractivity contribution in [3.63, 3.8) is 0 Å². The second-order valence-electron chi connectivity index (χ2n) is 4.49. The van der Waals surface area contributed by atoms with E-state index in [2.05, 4.69) is 20.4 Å². The minimum absolute atomic E-state index is 0.182. The maximum Gasteiger partial charge on any atom is 0.348 e. The molecule has 0 spiro atoms. The molecule has 2 aromatic heterocycles. The summed E-state index contributed by atoms with van der Waals surface area (Å²) < 4.78 is 6.14. The zero-order valence-corrected chi connectivity index (χ0v) is 12.9. The van der Waals surface area contributed by atoms with Crippen molar-refractivity contribution in [3.8, 4) is 5.69 Å². The van der Waals surface area contributed by atoms with Crippen LogP contribution in [0.15, 0.2) is 48.7 Å². The van der Waals surface area contributed by atoms with Gasteiger partial charge in [-0.1, -0.05) is 23.4 Å². The fourth-order valence-corrected chi connectivity index (χ4v) is 2.69. The van der Waals surface area contributed by atoms with E-state index in [4.69, 9.17) is 0 Å². The summed E-state index contributed by atoms with van der Waals surface area (Å²) in [6, 6.07) is 12.6. The molecule has 23 heavy (non-hydrogen) atoms. The standard InChI is InChI=1S/C15H12N4O3S/c1-22-15(21)12-7-8-13(23-12)16-14(20)11-9-19(18-17-11)10-5-3-2-4-6-10/h2-9H,1H3,(H,16,20). The first kappa shape index (κ1) is 14.9. The maximum atomic E-state index is 12.2. The molecule has 1 N–H and O–H groups in total. The Morgan fingerprint density at radius 2 is 1.96 bits per heavy atom. The number of carbonyl (C=O) groups is 2. The van der Waals surface area contributed by atoms with Gasteiger partial charge in [0.25, 0.3) is 5.91 Å². The van der Waals surface area contributed by atoms with E-state index in [-0.39, 0.29) is 5.69 Å². The first-order valence-electron chi connectivity index (χ1n) is 6.64. The van der Waals surface area contributed by atoms with Crippen LogP contribution in [0.2, 0.25) is 0 Å². The summed E-state index contributed by atoms with van der Waals surface area (Å²) in [5.41, 5.74) is 0.991. The predicted molar refractivity (Wildman–Crippen MR) is 85.0 cm³/mol. The van der Waals surface area contributed by atoms with E-state index >= 15 is 0 Å². The Labute approximate surface area is 135 Å². The van der Waals surface area contributed by atoms with Crippen molar-refractivity contribution >= 4 is 28.2 Å². The van der Waals surface area contributed by atoms with Gasteiger partial charge in [-0.05, 0) is 24.3 Å². The van der Waals surface area contributed by atoms with Crippen LogP contribution in [0.5, 0.6) is 0 Å². The van der Waals surface area contributed by atoms with Gasteiger partial charge >= 0.3 is 5.97 Å². The third-order valence-corrected chi connectivity index (χ3v) is 3.96. The molecule has 3 rings (SSSR count). The number of aromatic nitrogens is 3.